The number of sulfonamides is 1. The summed E-state index contributed by atoms with van der Waals surface area (Å²) in [4.78, 5) is 21.0. The van der Waals surface area contributed by atoms with Gasteiger partial charge in [0.05, 0.1) is 16.3 Å². The van der Waals surface area contributed by atoms with E-state index in [9.17, 15) is 18.4 Å². The Hall–Kier alpha value is -4.56. The van der Waals surface area contributed by atoms with E-state index in [2.05, 4.69) is 78.7 Å². The van der Waals surface area contributed by atoms with Crippen LogP contribution < -0.4 is 20.4 Å². The van der Waals surface area contributed by atoms with Crippen LogP contribution in [0.15, 0.2) is 131 Å². The van der Waals surface area contributed by atoms with Crippen molar-refractivity contribution in [3.05, 3.63) is 137 Å². The number of amides is 1. The second kappa shape index (κ2) is 18.9. The Balaban J connectivity index is 1.04. The molecule has 0 spiro atoms. The molecule has 6 rings (SSSR count). The maximum absolute atomic E-state index is 13.4. The molecule has 5 aromatic carbocycles. The van der Waals surface area contributed by atoms with Crippen LogP contribution in [0.3, 0.4) is 0 Å². The third-order valence-corrected chi connectivity index (χ3v) is 12.3. The lowest BCUT2D eigenvalue weighted by Gasteiger charge is -2.36. The molecule has 1 aliphatic heterocycles. The lowest BCUT2D eigenvalue weighted by atomic mass is 9.99. The van der Waals surface area contributed by atoms with Crippen molar-refractivity contribution in [1.29, 1.82) is 0 Å². The molecular weight excluding hydrogens is 752 g/mol. The number of piperazine rings is 1. The number of rotatable bonds is 16. The summed E-state index contributed by atoms with van der Waals surface area (Å²) in [5, 5.41) is 14.2. The van der Waals surface area contributed by atoms with Crippen molar-refractivity contribution in [2.75, 3.05) is 68.3 Å². The lowest BCUT2D eigenvalue weighted by Crippen LogP contribution is -2.46. The molecule has 0 unspecified atom stereocenters. The summed E-state index contributed by atoms with van der Waals surface area (Å²) in [6.45, 7) is 5.05. The van der Waals surface area contributed by atoms with Crippen molar-refractivity contribution in [3.8, 4) is 11.1 Å². The fourth-order valence-electron chi connectivity index (χ4n) is 6.49. The van der Waals surface area contributed by atoms with Crippen LogP contribution in [0.2, 0.25) is 5.02 Å². The summed E-state index contributed by atoms with van der Waals surface area (Å²) in [6.07, 6.45) is 0.823. The molecule has 55 heavy (non-hydrogen) atoms. The van der Waals surface area contributed by atoms with Crippen molar-refractivity contribution in [2.45, 2.75) is 28.8 Å². The van der Waals surface area contributed by atoms with Gasteiger partial charge >= 0.3 is 0 Å². The van der Waals surface area contributed by atoms with Gasteiger partial charge in [-0.2, -0.15) is 0 Å². The minimum Gasteiger partial charge on any atom is -0.380 e. The van der Waals surface area contributed by atoms with Gasteiger partial charge in [-0.1, -0.05) is 66.2 Å². The van der Waals surface area contributed by atoms with Crippen LogP contribution in [0.4, 0.5) is 17.1 Å². The average Bonchev–Trinajstić information content (AvgIpc) is 3.20. The van der Waals surface area contributed by atoms with Crippen LogP contribution in [-0.4, -0.2) is 87.9 Å². The third kappa shape index (κ3) is 11.0. The molecule has 1 saturated heterocycles. The zero-order valence-electron chi connectivity index (χ0n) is 31.0. The van der Waals surface area contributed by atoms with Gasteiger partial charge in [-0.3, -0.25) is 20.4 Å². The van der Waals surface area contributed by atoms with Gasteiger partial charge in [0.15, 0.2) is 0 Å². The maximum atomic E-state index is 13.4. The normalized spacial score (nSPS) is 14.1. The Labute approximate surface area is 333 Å². The highest BCUT2D eigenvalue weighted by atomic mass is 35.5. The van der Waals surface area contributed by atoms with Crippen molar-refractivity contribution < 1.29 is 18.4 Å². The Bertz CT molecular complexity index is 2130. The van der Waals surface area contributed by atoms with Crippen LogP contribution in [-0.2, 0) is 16.6 Å². The largest absolute Gasteiger partial charge is 0.380 e. The highest BCUT2D eigenvalue weighted by molar-refractivity contribution is 7.99. The first-order valence-corrected chi connectivity index (χ1v) is 21.0. The maximum Gasteiger partial charge on any atom is 0.264 e. The lowest BCUT2D eigenvalue weighted by molar-refractivity contribution is 0.0981. The summed E-state index contributed by atoms with van der Waals surface area (Å²) < 4.78 is 28.9. The van der Waals surface area contributed by atoms with Gasteiger partial charge in [-0.15, -0.1) is 11.8 Å². The Morgan fingerprint density at radius 3 is 2.24 bits per heavy atom. The Morgan fingerprint density at radius 1 is 0.855 bits per heavy atom. The topological polar surface area (TPSA) is 117 Å². The molecule has 1 amide bonds. The van der Waals surface area contributed by atoms with Crippen LogP contribution in [0.25, 0.3) is 11.1 Å². The number of nitrogens with one attached hydrogen (secondary N) is 3. The van der Waals surface area contributed by atoms with Gasteiger partial charge in [-0.25, -0.2) is 13.1 Å². The minimum absolute atomic E-state index is 0.0250. The monoisotopic (exact) mass is 798 g/mol. The van der Waals surface area contributed by atoms with Gasteiger partial charge in [0.25, 0.3) is 15.9 Å². The molecule has 1 aliphatic rings. The van der Waals surface area contributed by atoms with E-state index in [1.807, 2.05) is 56.6 Å². The van der Waals surface area contributed by atoms with Crippen LogP contribution in [0.1, 0.15) is 22.3 Å². The number of benzene rings is 5. The van der Waals surface area contributed by atoms with Gasteiger partial charge < -0.3 is 15.1 Å². The van der Waals surface area contributed by atoms with Crippen molar-refractivity contribution in [3.63, 3.8) is 0 Å². The number of thioether (sulfide) groups is 1. The molecule has 13 heteroatoms. The second-order valence-corrected chi connectivity index (χ2v) is 17.0. The molecule has 10 nitrogen and oxygen atoms in total. The number of hydrogen-bond donors (Lipinski definition) is 4. The molecule has 0 radical (unpaired) electrons. The Kier molecular flexibility index (Phi) is 13.8. The SMILES string of the molecule is CN(C)CC[C@H](CSc1ccccc1)Nc1ccc(S(=O)(=O)NC(=O)c2ccc(N3CCN(Cc4ccccc4-c4ccc(Cl)cc4)CC3)cc2)cc1NO. The number of nitrogens with zero attached hydrogens (tertiary/aromatic N) is 3. The van der Waals surface area contributed by atoms with E-state index in [0.29, 0.717) is 5.69 Å². The third-order valence-electron chi connectivity index (χ3n) is 9.56. The van der Waals surface area contributed by atoms with E-state index in [0.717, 1.165) is 72.6 Å². The molecule has 1 atom stereocenters. The molecule has 1 fully saturated rings. The number of halogens is 1. The van der Waals surface area contributed by atoms with E-state index in [1.54, 1.807) is 30.0 Å². The summed E-state index contributed by atoms with van der Waals surface area (Å²) in [5.74, 6) is 0.0208. The summed E-state index contributed by atoms with van der Waals surface area (Å²) >= 11 is 7.84. The fourth-order valence-corrected chi connectivity index (χ4v) is 8.61. The van der Waals surface area contributed by atoms with Crippen LogP contribution in [0, 0.1) is 0 Å². The first kappa shape index (κ1) is 40.1. The molecule has 5 aromatic rings. The molecule has 0 aliphatic carbocycles. The van der Waals surface area contributed by atoms with E-state index >= 15 is 0 Å². The zero-order valence-corrected chi connectivity index (χ0v) is 33.4. The highest BCUT2D eigenvalue weighted by Crippen LogP contribution is 2.30. The second-order valence-electron chi connectivity index (χ2n) is 13.8. The number of anilines is 3. The molecule has 0 bridgehead atoms. The fraction of sp³-hybridized carbons (Fsp3) is 0.262. The first-order valence-electron chi connectivity index (χ1n) is 18.2. The van der Waals surface area contributed by atoms with Crippen LogP contribution in [0.5, 0.6) is 0 Å². The smallest absolute Gasteiger partial charge is 0.264 e. The van der Waals surface area contributed by atoms with E-state index in [4.69, 9.17) is 11.6 Å². The van der Waals surface area contributed by atoms with E-state index in [-0.39, 0.29) is 22.2 Å². The summed E-state index contributed by atoms with van der Waals surface area (Å²) in [5.41, 5.74) is 7.66. The average molecular weight is 799 g/mol. The number of hydrogen-bond acceptors (Lipinski definition) is 10. The molecule has 0 aromatic heterocycles. The molecule has 0 saturated carbocycles. The Morgan fingerprint density at radius 2 is 1.55 bits per heavy atom. The van der Waals surface area contributed by atoms with Crippen molar-refractivity contribution >= 4 is 56.4 Å². The molecule has 4 N–H and O–H groups in total. The van der Waals surface area contributed by atoms with Gasteiger partial charge in [0.2, 0.25) is 0 Å². The summed E-state index contributed by atoms with van der Waals surface area (Å²) in [6, 6.07) is 37.8. The molecule has 1 heterocycles. The van der Waals surface area contributed by atoms with Gasteiger partial charge in [0, 0.05) is 65.7 Å². The number of carbonyl (C=O) groups is 1. The quantitative estimate of drug-likeness (QED) is 0.0583. The predicted octanol–water partition coefficient (Wildman–Crippen LogP) is 7.77. The zero-order chi connectivity index (χ0) is 38.8. The predicted molar refractivity (Wildman–Crippen MR) is 225 cm³/mol. The van der Waals surface area contributed by atoms with Crippen molar-refractivity contribution in [2.24, 2.45) is 0 Å². The highest BCUT2D eigenvalue weighted by Gasteiger charge is 2.23. The first-order chi connectivity index (χ1) is 26.6. The molecule has 288 valence electrons. The van der Waals surface area contributed by atoms with Crippen LogP contribution >= 0.6 is 23.4 Å². The van der Waals surface area contributed by atoms with Gasteiger partial charge in [-0.05, 0) is 110 Å². The van der Waals surface area contributed by atoms with Gasteiger partial charge in [0.1, 0.15) is 0 Å². The standard InChI is InChI=1S/C42H47ClN6O4S2/c1-47(2)23-22-35(30-54-37-9-4-3-5-10-37)44-40-21-20-38(28-41(40)45-51)55(52,53)46-42(50)32-14-18-36(19-15-32)49-26-24-48(25-27-49)29-33-8-6-7-11-39(33)31-12-16-34(43)17-13-31/h3-21,28,35,44-45,51H,22-27,29-30H2,1-2H3,(H,46,50)/t35-/m1/s1. The van der Waals surface area contributed by atoms with E-state index in [1.165, 1.54) is 23.3 Å². The number of carbonyl (C=O) groups excluding carboxylic acids is 1. The van der Waals surface area contributed by atoms with E-state index < -0.39 is 15.9 Å². The molecular formula is C42H47ClN6O4S2. The summed E-state index contributed by atoms with van der Waals surface area (Å²) in [7, 11) is -0.225. The minimum atomic E-state index is -4.25. The van der Waals surface area contributed by atoms with Crippen molar-refractivity contribution in [1.82, 2.24) is 14.5 Å².